The highest BCUT2D eigenvalue weighted by Crippen LogP contribution is 2.21. The zero-order valence-corrected chi connectivity index (χ0v) is 7.74. The van der Waals surface area contributed by atoms with Crippen LogP contribution in [0.15, 0.2) is 24.3 Å². The molecule has 0 fully saturated rings. The lowest BCUT2D eigenvalue weighted by atomic mass is 10.2. The molecule has 0 unspecified atom stereocenters. The summed E-state index contributed by atoms with van der Waals surface area (Å²) in [6.07, 6.45) is 0. The van der Waals surface area contributed by atoms with Crippen molar-refractivity contribution in [2.45, 2.75) is 21.3 Å². The van der Waals surface area contributed by atoms with Crippen LogP contribution in [0.4, 0.5) is 5.69 Å². The number of phenolic OH excluding ortho intramolecular Hbond substituents is 1. The Morgan fingerprint density at radius 2 is 1.93 bits per heavy atom. The number of amides is 1. The number of anilines is 1. The Morgan fingerprint density at radius 3 is 2.43 bits per heavy atom. The average Bonchev–Trinajstić information content (AvgIpc) is 2.08. The summed E-state index contributed by atoms with van der Waals surface area (Å²) in [5.74, 6) is -0.0855. The Morgan fingerprint density at radius 1 is 1.36 bits per heavy atom. The molecule has 1 amide bonds. The van der Waals surface area contributed by atoms with Gasteiger partial charge in [0, 0.05) is 5.92 Å². The third-order valence-corrected chi connectivity index (χ3v) is 1.69. The van der Waals surface area contributed by atoms with Crippen LogP contribution >= 0.6 is 0 Å². The van der Waals surface area contributed by atoms with Gasteiger partial charge in [0.05, 0.1) is 5.69 Å². The molecule has 0 aliphatic rings. The van der Waals surface area contributed by atoms with E-state index in [9.17, 15) is 9.90 Å². The van der Waals surface area contributed by atoms with E-state index in [1.807, 2.05) is 0 Å². The van der Waals surface area contributed by atoms with E-state index < -0.39 is 0 Å². The molecule has 0 bridgehead atoms. The molecule has 1 aromatic rings. The van der Waals surface area contributed by atoms with Gasteiger partial charge in [-0.2, -0.15) is 0 Å². The highest BCUT2D eigenvalue weighted by Gasteiger charge is 2.08. The summed E-state index contributed by atoms with van der Waals surface area (Å²) in [4.78, 5) is 11.2. The van der Waals surface area contributed by atoms with Crippen molar-refractivity contribution in [1.82, 2.24) is 0 Å². The maximum absolute atomic E-state index is 11.2. The molecular weight excluding hydrogens is 178 g/mol. The van der Waals surface area contributed by atoms with Crippen molar-refractivity contribution in [1.29, 1.82) is 0 Å². The molecule has 0 spiro atoms. The van der Waals surface area contributed by atoms with Crippen LogP contribution < -0.4 is 5.32 Å². The Kier molecular flexibility index (Phi) is 4.70. The first-order valence-electron chi connectivity index (χ1n) is 4.20. The number of phenols is 1. The fraction of sp³-hybridized carbons (Fsp3) is 0.364. The van der Waals surface area contributed by atoms with Crippen LogP contribution in [0.5, 0.6) is 5.75 Å². The minimum absolute atomic E-state index is 0. The van der Waals surface area contributed by atoms with E-state index in [0.29, 0.717) is 5.69 Å². The zero-order chi connectivity index (χ0) is 9.84. The number of nitrogens with one attached hydrogen (secondary N) is 1. The van der Waals surface area contributed by atoms with Crippen molar-refractivity contribution in [2.75, 3.05) is 5.32 Å². The van der Waals surface area contributed by atoms with Crippen molar-refractivity contribution in [3.8, 4) is 5.75 Å². The summed E-state index contributed by atoms with van der Waals surface area (Å²) in [5, 5.41) is 11.9. The van der Waals surface area contributed by atoms with Crippen LogP contribution in [0.2, 0.25) is 0 Å². The van der Waals surface area contributed by atoms with Gasteiger partial charge in [-0.05, 0) is 12.1 Å². The molecule has 0 aromatic heterocycles. The van der Waals surface area contributed by atoms with Crippen molar-refractivity contribution < 1.29 is 9.90 Å². The van der Waals surface area contributed by atoms with Gasteiger partial charge in [-0.15, -0.1) is 0 Å². The maximum atomic E-state index is 11.2. The van der Waals surface area contributed by atoms with E-state index in [2.05, 4.69) is 5.32 Å². The molecule has 0 radical (unpaired) electrons. The Bertz CT molecular complexity index is 308. The molecule has 2 N–H and O–H groups in total. The fourth-order valence-corrected chi connectivity index (χ4v) is 0.856. The van der Waals surface area contributed by atoms with E-state index in [1.165, 1.54) is 6.07 Å². The van der Waals surface area contributed by atoms with Crippen LogP contribution in [0.25, 0.3) is 0 Å². The second kappa shape index (κ2) is 5.27. The molecule has 0 saturated carbocycles. The van der Waals surface area contributed by atoms with Gasteiger partial charge in [-0.25, -0.2) is 0 Å². The summed E-state index contributed by atoms with van der Waals surface area (Å²) in [5.41, 5.74) is 0.459. The molecule has 0 aliphatic carbocycles. The molecule has 3 nitrogen and oxygen atoms in total. The molecule has 1 aromatic carbocycles. The molecule has 0 atom stereocenters. The van der Waals surface area contributed by atoms with Gasteiger partial charge in [0.15, 0.2) is 0 Å². The summed E-state index contributed by atoms with van der Waals surface area (Å²) in [7, 11) is 0. The number of carbonyl (C=O) groups is 1. The number of carbonyl (C=O) groups excluding carboxylic acids is 1. The second-order valence-corrected chi connectivity index (χ2v) is 3.16. The van der Waals surface area contributed by atoms with E-state index in [-0.39, 0.29) is 25.0 Å². The first-order valence-corrected chi connectivity index (χ1v) is 4.20. The van der Waals surface area contributed by atoms with Gasteiger partial charge in [0.1, 0.15) is 5.75 Å². The number of rotatable bonds is 2. The van der Waals surface area contributed by atoms with E-state index in [0.717, 1.165) is 0 Å². The normalized spacial score (nSPS) is 9.36. The monoisotopic (exact) mass is 195 g/mol. The third-order valence-electron chi connectivity index (χ3n) is 1.69. The molecule has 14 heavy (non-hydrogen) atoms. The SMILES string of the molecule is C.CC(C)C(=O)Nc1ccccc1O. The van der Waals surface area contributed by atoms with Gasteiger partial charge in [-0.1, -0.05) is 33.4 Å². The van der Waals surface area contributed by atoms with Crippen LogP contribution in [0, 0.1) is 5.92 Å². The summed E-state index contributed by atoms with van der Waals surface area (Å²) >= 11 is 0. The van der Waals surface area contributed by atoms with Gasteiger partial charge < -0.3 is 10.4 Å². The number of para-hydroxylation sites is 2. The molecule has 0 heterocycles. The topological polar surface area (TPSA) is 49.3 Å². The van der Waals surface area contributed by atoms with Gasteiger partial charge in [0.2, 0.25) is 5.91 Å². The summed E-state index contributed by atoms with van der Waals surface area (Å²) < 4.78 is 0. The van der Waals surface area contributed by atoms with Crippen molar-refractivity contribution >= 4 is 11.6 Å². The lowest BCUT2D eigenvalue weighted by molar-refractivity contribution is -0.118. The minimum atomic E-state index is -0.0958. The maximum Gasteiger partial charge on any atom is 0.227 e. The zero-order valence-electron chi connectivity index (χ0n) is 7.74. The quantitative estimate of drug-likeness (QED) is 0.713. The smallest absolute Gasteiger partial charge is 0.227 e. The van der Waals surface area contributed by atoms with Crippen molar-refractivity contribution in [3.05, 3.63) is 24.3 Å². The minimum Gasteiger partial charge on any atom is -0.506 e. The number of aromatic hydroxyl groups is 1. The van der Waals surface area contributed by atoms with E-state index in [1.54, 1.807) is 32.0 Å². The highest BCUT2D eigenvalue weighted by atomic mass is 16.3. The van der Waals surface area contributed by atoms with Gasteiger partial charge in [0.25, 0.3) is 0 Å². The van der Waals surface area contributed by atoms with Gasteiger partial charge >= 0.3 is 0 Å². The van der Waals surface area contributed by atoms with Gasteiger partial charge in [-0.3, -0.25) is 4.79 Å². The number of hydrogen-bond acceptors (Lipinski definition) is 2. The standard InChI is InChI=1S/C10H13NO2.CH4/c1-7(2)10(13)11-8-5-3-4-6-9(8)12;/h3-7,12H,1-2H3,(H,11,13);1H4. The number of benzene rings is 1. The predicted molar refractivity (Wildman–Crippen MR) is 58.3 cm³/mol. The first-order chi connectivity index (χ1) is 6.11. The predicted octanol–water partition coefficient (Wildman–Crippen LogP) is 2.62. The Balaban J connectivity index is 0.00000169. The molecule has 0 saturated heterocycles. The largest absolute Gasteiger partial charge is 0.506 e. The van der Waals surface area contributed by atoms with Crippen LogP contribution in [0.3, 0.4) is 0 Å². The van der Waals surface area contributed by atoms with Crippen LogP contribution in [-0.2, 0) is 4.79 Å². The molecule has 3 heteroatoms. The lowest BCUT2D eigenvalue weighted by Gasteiger charge is -2.08. The fourth-order valence-electron chi connectivity index (χ4n) is 0.856. The lowest BCUT2D eigenvalue weighted by Crippen LogP contribution is -2.17. The van der Waals surface area contributed by atoms with Crippen LogP contribution in [0.1, 0.15) is 21.3 Å². The Hall–Kier alpha value is -1.51. The second-order valence-electron chi connectivity index (χ2n) is 3.16. The molecule has 0 aliphatic heterocycles. The highest BCUT2D eigenvalue weighted by molar-refractivity contribution is 5.93. The first kappa shape index (κ1) is 12.5. The number of hydrogen-bond donors (Lipinski definition) is 2. The van der Waals surface area contributed by atoms with Crippen LogP contribution in [-0.4, -0.2) is 11.0 Å². The molecular formula is C11H17NO2. The van der Waals surface area contributed by atoms with Crippen molar-refractivity contribution in [3.63, 3.8) is 0 Å². The Labute approximate surface area is 84.8 Å². The third kappa shape index (κ3) is 3.09. The van der Waals surface area contributed by atoms with Crippen molar-refractivity contribution in [2.24, 2.45) is 5.92 Å². The van der Waals surface area contributed by atoms with E-state index in [4.69, 9.17) is 0 Å². The molecule has 1 rings (SSSR count). The average molecular weight is 195 g/mol. The molecule has 78 valence electrons. The summed E-state index contributed by atoms with van der Waals surface area (Å²) in [6.45, 7) is 3.60. The summed E-state index contributed by atoms with van der Waals surface area (Å²) in [6, 6.07) is 6.67. The van der Waals surface area contributed by atoms with E-state index >= 15 is 0 Å².